The summed E-state index contributed by atoms with van der Waals surface area (Å²) in [6.45, 7) is 8.19. The van der Waals surface area contributed by atoms with Crippen LogP contribution in [0.3, 0.4) is 0 Å². The molecule has 18 heavy (non-hydrogen) atoms. The second-order valence-corrected chi connectivity index (χ2v) is 4.64. The number of hydrogen-bond donors (Lipinski definition) is 1. The highest BCUT2D eigenvalue weighted by atomic mass is 35.5. The molecule has 0 aliphatic carbocycles. The summed E-state index contributed by atoms with van der Waals surface area (Å²) in [6, 6.07) is 0. The molecule has 1 aromatic rings. The van der Waals surface area contributed by atoms with Crippen LogP contribution in [0.1, 0.15) is 20.8 Å². The summed E-state index contributed by atoms with van der Waals surface area (Å²) in [5.41, 5.74) is 0. The van der Waals surface area contributed by atoms with Gasteiger partial charge in [-0.2, -0.15) is 4.98 Å². The predicted molar refractivity (Wildman–Crippen MR) is 75.6 cm³/mol. The summed E-state index contributed by atoms with van der Waals surface area (Å²) in [5, 5.41) is 3.61. The van der Waals surface area contributed by atoms with Crippen LogP contribution in [-0.2, 0) is 4.74 Å². The molecule has 0 fully saturated rings. The number of halogens is 1. The maximum absolute atomic E-state index is 6.10. The number of rotatable bonds is 7. The Morgan fingerprint density at radius 1 is 1.50 bits per heavy atom. The van der Waals surface area contributed by atoms with E-state index in [9.17, 15) is 0 Å². The van der Waals surface area contributed by atoms with Crippen LogP contribution in [-0.4, -0.2) is 42.8 Å². The Kier molecular flexibility index (Phi) is 6.15. The smallest absolute Gasteiger partial charge is 0.224 e. The zero-order valence-electron chi connectivity index (χ0n) is 11.4. The monoisotopic (exact) mass is 272 g/mol. The first-order valence-electron chi connectivity index (χ1n) is 6.13. The zero-order valence-corrected chi connectivity index (χ0v) is 12.2. The fourth-order valence-electron chi connectivity index (χ4n) is 1.40. The minimum atomic E-state index is 0.233. The van der Waals surface area contributed by atoms with Gasteiger partial charge in [0.25, 0.3) is 0 Å². The Morgan fingerprint density at radius 3 is 2.83 bits per heavy atom. The van der Waals surface area contributed by atoms with Crippen molar-refractivity contribution in [3.63, 3.8) is 0 Å². The Labute approximate surface area is 114 Å². The molecule has 1 rings (SSSR count). The van der Waals surface area contributed by atoms with E-state index in [-0.39, 0.29) is 6.10 Å². The summed E-state index contributed by atoms with van der Waals surface area (Å²) in [6.07, 6.45) is 1.85. The minimum Gasteiger partial charge on any atom is -0.377 e. The number of aromatic nitrogens is 2. The molecule has 0 spiro atoms. The molecule has 0 unspecified atom stereocenters. The lowest BCUT2D eigenvalue weighted by molar-refractivity contribution is 0.0845. The van der Waals surface area contributed by atoms with E-state index < -0.39 is 0 Å². The van der Waals surface area contributed by atoms with Gasteiger partial charge in [0.15, 0.2) is 5.82 Å². The van der Waals surface area contributed by atoms with E-state index in [0.717, 1.165) is 18.9 Å². The second kappa shape index (κ2) is 7.38. The van der Waals surface area contributed by atoms with Gasteiger partial charge in [-0.3, -0.25) is 0 Å². The summed E-state index contributed by atoms with van der Waals surface area (Å²) >= 11 is 6.10. The lowest BCUT2D eigenvalue weighted by atomic mass is 10.4. The van der Waals surface area contributed by atoms with E-state index in [1.165, 1.54) is 0 Å². The van der Waals surface area contributed by atoms with Gasteiger partial charge >= 0.3 is 0 Å². The van der Waals surface area contributed by atoms with Crippen LogP contribution in [0.4, 0.5) is 11.8 Å². The quantitative estimate of drug-likeness (QED) is 0.826. The van der Waals surface area contributed by atoms with Crippen molar-refractivity contribution >= 4 is 23.4 Å². The fraction of sp³-hybridized carbons (Fsp3) is 0.667. The summed E-state index contributed by atoms with van der Waals surface area (Å²) < 4.78 is 5.51. The third-order valence-corrected chi connectivity index (χ3v) is 2.57. The molecule has 0 aliphatic rings. The average Bonchev–Trinajstić information content (AvgIpc) is 2.31. The topological polar surface area (TPSA) is 50.3 Å². The molecule has 0 atom stereocenters. The lowest BCUT2D eigenvalue weighted by Crippen LogP contribution is -2.25. The largest absolute Gasteiger partial charge is 0.377 e. The highest BCUT2D eigenvalue weighted by Gasteiger charge is 2.10. The van der Waals surface area contributed by atoms with Gasteiger partial charge in [-0.1, -0.05) is 11.6 Å². The van der Waals surface area contributed by atoms with Gasteiger partial charge in [0.1, 0.15) is 5.02 Å². The van der Waals surface area contributed by atoms with Gasteiger partial charge in [-0.25, -0.2) is 4.98 Å². The second-order valence-electron chi connectivity index (χ2n) is 4.24. The standard InChI is InChI=1S/C12H21ClN4O/c1-5-14-12-15-8-10(13)11(16-12)17(4)6-7-18-9(2)3/h8-9H,5-7H2,1-4H3,(H,14,15,16). The predicted octanol–water partition coefficient (Wildman–Crippen LogP) is 2.42. The van der Waals surface area contributed by atoms with Crippen LogP contribution in [0.15, 0.2) is 6.20 Å². The van der Waals surface area contributed by atoms with Crippen LogP contribution in [0.5, 0.6) is 0 Å². The highest BCUT2D eigenvalue weighted by Crippen LogP contribution is 2.22. The van der Waals surface area contributed by atoms with Gasteiger partial charge in [0.05, 0.1) is 18.9 Å². The molecule has 0 saturated heterocycles. The summed E-state index contributed by atoms with van der Waals surface area (Å²) in [5.74, 6) is 1.31. The van der Waals surface area contributed by atoms with Crippen molar-refractivity contribution in [2.45, 2.75) is 26.9 Å². The van der Waals surface area contributed by atoms with Crippen molar-refractivity contribution in [2.24, 2.45) is 0 Å². The van der Waals surface area contributed by atoms with Gasteiger partial charge in [0.2, 0.25) is 5.95 Å². The number of likely N-dealkylation sites (N-methyl/N-ethyl adjacent to an activating group) is 1. The first-order chi connectivity index (χ1) is 8.54. The van der Waals surface area contributed by atoms with E-state index >= 15 is 0 Å². The normalized spacial score (nSPS) is 10.8. The van der Waals surface area contributed by atoms with E-state index in [4.69, 9.17) is 16.3 Å². The molecular formula is C12H21ClN4O. The van der Waals surface area contributed by atoms with Crippen LogP contribution >= 0.6 is 11.6 Å². The van der Waals surface area contributed by atoms with Crippen LogP contribution in [0, 0.1) is 0 Å². The fourth-order valence-corrected chi connectivity index (χ4v) is 1.64. The van der Waals surface area contributed by atoms with Gasteiger partial charge in [0, 0.05) is 20.1 Å². The van der Waals surface area contributed by atoms with Crippen molar-refractivity contribution in [1.29, 1.82) is 0 Å². The summed E-state index contributed by atoms with van der Waals surface area (Å²) in [4.78, 5) is 10.4. The number of nitrogens with one attached hydrogen (secondary N) is 1. The van der Waals surface area contributed by atoms with Crippen molar-refractivity contribution in [2.75, 3.05) is 37.0 Å². The molecule has 0 saturated carbocycles. The Bertz CT molecular complexity index is 373. The number of nitrogens with zero attached hydrogens (tertiary/aromatic N) is 3. The molecule has 1 heterocycles. The number of hydrogen-bond acceptors (Lipinski definition) is 5. The van der Waals surface area contributed by atoms with Crippen molar-refractivity contribution in [3.8, 4) is 0 Å². The van der Waals surface area contributed by atoms with Gasteiger partial charge in [-0.05, 0) is 20.8 Å². The highest BCUT2D eigenvalue weighted by molar-refractivity contribution is 6.32. The first kappa shape index (κ1) is 15.0. The number of anilines is 2. The molecule has 102 valence electrons. The van der Waals surface area contributed by atoms with E-state index in [0.29, 0.717) is 17.6 Å². The maximum atomic E-state index is 6.10. The molecule has 0 aromatic carbocycles. The van der Waals surface area contributed by atoms with E-state index in [2.05, 4.69) is 15.3 Å². The minimum absolute atomic E-state index is 0.233. The van der Waals surface area contributed by atoms with Crippen LogP contribution < -0.4 is 10.2 Å². The third kappa shape index (κ3) is 4.66. The first-order valence-corrected chi connectivity index (χ1v) is 6.51. The van der Waals surface area contributed by atoms with Crippen molar-refractivity contribution in [3.05, 3.63) is 11.2 Å². The van der Waals surface area contributed by atoms with Crippen molar-refractivity contribution < 1.29 is 4.74 Å². The molecular weight excluding hydrogens is 252 g/mol. The molecule has 0 bridgehead atoms. The van der Waals surface area contributed by atoms with Crippen molar-refractivity contribution in [1.82, 2.24) is 9.97 Å². The van der Waals surface area contributed by atoms with E-state index in [1.807, 2.05) is 32.7 Å². The molecule has 1 aromatic heterocycles. The molecule has 6 heteroatoms. The van der Waals surface area contributed by atoms with Crippen LogP contribution in [0.25, 0.3) is 0 Å². The van der Waals surface area contributed by atoms with Gasteiger partial charge < -0.3 is 15.0 Å². The van der Waals surface area contributed by atoms with Gasteiger partial charge in [-0.15, -0.1) is 0 Å². The number of ether oxygens (including phenoxy) is 1. The summed E-state index contributed by atoms with van der Waals surface area (Å²) in [7, 11) is 1.94. The molecule has 0 radical (unpaired) electrons. The molecule has 0 amide bonds. The molecule has 0 aliphatic heterocycles. The average molecular weight is 273 g/mol. The Hall–Kier alpha value is -1.07. The maximum Gasteiger partial charge on any atom is 0.224 e. The SMILES string of the molecule is CCNc1ncc(Cl)c(N(C)CCOC(C)C)n1. The van der Waals surface area contributed by atoms with E-state index in [1.54, 1.807) is 6.20 Å². The zero-order chi connectivity index (χ0) is 13.5. The molecule has 5 nitrogen and oxygen atoms in total. The Balaban J connectivity index is 2.65. The third-order valence-electron chi connectivity index (χ3n) is 2.30. The lowest BCUT2D eigenvalue weighted by Gasteiger charge is -2.20. The molecule has 1 N–H and O–H groups in total. The van der Waals surface area contributed by atoms with Crippen LogP contribution in [0.2, 0.25) is 5.02 Å². The Morgan fingerprint density at radius 2 is 2.22 bits per heavy atom.